The molecule has 1 atom stereocenters. The molecule has 1 aromatic carbocycles. The van der Waals surface area contributed by atoms with Gasteiger partial charge in [-0.25, -0.2) is 0 Å². The van der Waals surface area contributed by atoms with Gasteiger partial charge in [-0.05, 0) is 44.4 Å². The van der Waals surface area contributed by atoms with Crippen molar-refractivity contribution in [2.24, 2.45) is 0 Å². The van der Waals surface area contributed by atoms with Crippen LogP contribution in [0.25, 0.3) is 0 Å². The van der Waals surface area contributed by atoms with Crippen LogP contribution in [-0.2, 0) is 4.74 Å². The lowest BCUT2D eigenvalue weighted by Gasteiger charge is -2.32. The number of aryl methyl sites for hydroxylation is 1. The van der Waals surface area contributed by atoms with E-state index >= 15 is 0 Å². The maximum Gasteiger partial charge on any atom is 0.253 e. The molecule has 0 bridgehead atoms. The van der Waals surface area contributed by atoms with Crippen molar-refractivity contribution in [2.75, 3.05) is 19.7 Å². The second-order valence-corrected chi connectivity index (χ2v) is 5.79. The molecule has 1 saturated heterocycles. The number of hydrogen-bond donors (Lipinski definition) is 0. The van der Waals surface area contributed by atoms with Crippen LogP contribution in [0.1, 0.15) is 35.7 Å². The normalized spacial score (nSPS) is 19.5. The first-order valence-corrected chi connectivity index (χ1v) is 7.58. The second-order valence-electron chi connectivity index (χ2n) is 4.93. The van der Waals surface area contributed by atoms with Crippen LogP contribution in [0.5, 0.6) is 0 Å². The fourth-order valence-corrected chi connectivity index (χ4v) is 2.78. The molecule has 1 aliphatic heterocycles. The molecule has 4 heteroatoms. The highest BCUT2D eigenvalue weighted by molar-refractivity contribution is 9.10. The van der Waals surface area contributed by atoms with Gasteiger partial charge in [0.1, 0.15) is 0 Å². The number of rotatable bonds is 3. The van der Waals surface area contributed by atoms with E-state index in [0.29, 0.717) is 13.2 Å². The van der Waals surface area contributed by atoms with Gasteiger partial charge in [0.2, 0.25) is 0 Å². The van der Waals surface area contributed by atoms with Gasteiger partial charge < -0.3 is 9.64 Å². The first-order valence-electron chi connectivity index (χ1n) is 6.79. The van der Waals surface area contributed by atoms with Gasteiger partial charge in [-0.3, -0.25) is 4.79 Å². The Hall–Kier alpha value is -0.870. The molecule has 2 rings (SSSR count). The molecule has 3 nitrogen and oxygen atoms in total. The molecule has 0 radical (unpaired) electrons. The zero-order chi connectivity index (χ0) is 13.8. The summed E-state index contributed by atoms with van der Waals surface area (Å²) in [6, 6.07) is 5.77. The Morgan fingerprint density at radius 1 is 1.53 bits per heavy atom. The number of halogens is 1. The first-order chi connectivity index (χ1) is 9.11. The second kappa shape index (κ2) is 6.53. The van der Waals surface area contributed by atoms with E-state index < -0.39 is 0 Å². The largest absolute Gasteiger partial charge is 0.377 e. The minimum atomic E-state index is 0.102. The van der Waals surface area contributed by atoms with Crippen LogP contribution in [0.4, 0.5) is 0 Å². The summed E-state index contributed by atoms with van der Waals surface area (Å²) in [5.74, 6) is 0.102. The van der Waals surface area contributed by atoms with Crippen molar-refractivity contribution in [3.05, 3.63) is 33.8 Å². The molecular formula is C15H20BrNO2. The quantitative estimate of drug-likeness (QED) is 0.852. The maximum absolute atomic E-state index is 12.5. The van der Waals surface area contributed by atoms with Gasteiger partial charge in [-0.2, -0.15) is 0 Å². The third-order valence-electron chi connectivity index (χ3n) is 3.49. The number of nitrogens with zero attached hydrogens (tertiary/aromatic N) is 1. The minimum Gasteiger partial charge on any atom is -0.377 e. The lowest BCUT2D eigenvalue weighted by atomic mass is 10.1. The van der Waals surface area contributed by atoms with Crippen molar-refractivity contribution in [3.8, 4) is 0 Å². The molecule has 1 aliphatic rings. The molecule has 1 aromatic rings. The van der Waals surface area contributed by atoms with Gasteiger partial charge in [0, 0.05) is 29.7 Å². The zero-order valence-corrected chi connectivity index (χ0v) is 13.1. The van der Waals surface area contributed by atoms with E-state index in [1.807, 2.05) is 36.9 Å². The zero-order valence-electron chi connectivity index (χ0n) is 11.5. The van der Waals surface area contributed by atoms with Gasteiger partial charge in [0.15, 0.2) is 0 Å². The average molecular weight is 326 g/mol. The Balaban J connectivity index is 2.08. The smallest absolute Gasteiger partial charge is 0.253 e. The van der Waals surface area contributed by atoms with Gasteiger partial charge >= 0.3 is 0 Å². The summed E-state index contributed by atoms with van der Waals surface area (Å²) in [6.07, 6.45) is 2.26. The van der Waals surface area contributed by atoms with E-state index in [-0.39, 0.29) is 12.0 Å². The Morgan fingerprint density at radius 2 is 2.32 bits per heavy atom. The van der Waals surface area contributed by atoms with Gasteiger partial charge in [-0.1, -0.05) is 22.0 Å². The molecule has 104 valence electrons. The molecule has 0 aliphatic carbocycles. The molecule has 1 amide bonds. The van der Waals surface area contributed by atoms with Crippen LogP contribution in [0.2, 0.25) is 0 Å². The van der Waals surface area contributed by atoms with E-state index in [1.54, 1.807) is 0 Å². The van der Waals surface area contributed by atoms with E-state index in [1.165, 1.54) is 0 Å². The number of ether oxygens (including phenoxy) is 1. The molecule has 0 saturated carbocycles. The molecular weight excluding hydrogens is 306 g/mol. The SMILES string of the molecule is CCOC1CCCN(C(=O)c2ccc(C)c(Br)c2)C1. The monoisotopic (exact) mass is 325 g/mol. The molecule has 1 unspecified atom stereocenters. The first kappa shape index (κ1) is 14.5. The predicted octanol–water partition coefficient (Wildman–Crippen LogP) is 3.40. The highest BCUT2D eigenvalue weighted by atomic mass is 79.9. The Morgan fingerprint density at radius 3 is 3.00 bits per heavy atom. The van der Waals surface area contributed by atoms with E-state index in [0.717, 1.165) is 35.0 Å². The van der Waals surface area contributed by atoms with Crippen molar-refractivity contribution in [3.63, 3.8) is 0 Å². The van der Waals surface area contributed by atoms with Crippen molar-refractivity contribution >= 4 is 21.8 Å². The lowest BCUT2D eigenvalue weighted by Crippen LogP contribution is -2.43. The number of piperidine rings is 1. The maximum atomic E-state index is 12.5. The van der Waals surface area contributed by atoms with Crippen molar-refractivity contribution < 1.29 is 9.53 Å². The van der Waals surface area contributed by atoms with Crippen LogP contribution in [0.15, 0.2) is 22.7 Å². The third-order valence-corrected chi connectivity index (χ3v) is 4.34. The fourth-order valence-electron chi connectivity index (χ4n) is 2.40. The Bertz CT molecular complexity index is 459. The number of carbonyl (C=O) groups excluding carboxylic acids is 1. The molecule has 0 spiro atoms. The summed E-state index contributed by atoms with van der Waals surface area (Å²) in [7, 11) is 0. The van der Waals surface area contributed by atoms with Gasteiger partial charge in [-0.15, -0.1) is 0 Å². The Kier molecular flexibility index (Phi) is 4.99. The molecule has 1 fully saturated rings. The number of hydrogen-bond acceptors (Lipinski definition) is 2. The number of benzene rings is 1. The molecule has 0 aromatic heterocycles. The number of amides is 1. The highest BCUT2D eigenvalue weighted by Gasteiger charge is 2.24. The van der Waals surface area contributed by atoms with Crippen molar-refractivity contribution in [1.82, 2.24) is 4.90 Å². The third kappa shape index (κ3) is 3.57. The van der Waals surface area contributed by atoms with Gasteiger partial charge in [0.25, 0.3) is 5.91 Å². The van der Waals surface area contributed by atoms with Crippen LogP contribution >= 0.6 is 15.9 Å². The molecule has 1 heterocycles. The van der Waals surface area contributed by atoms with Gasteiger partial charge in [0.05, 0.1) is 6.10 Å². The number of likely N-dealkylation sites (tertiary alicyclic amines) is 1. The highest BCUT2D eigenvalue weighted by Crippen LogP contribution is 2.21. The summed E-state index contributed by atoms with van der Waals surface area (Å²) in [4.78, 5) is 14.4. The summed E-state index contributed by atoms with van der Waals surface area (Å²) in [5, 5.41) is 0. The Labute approximate surface area is 123 Å². The van der Waals surface area contributed by atoms with Crippen molar-refractivity contribution in [1.29, 1.82) is 0 Å². The number of carbonyl (C=O) groups is 1. The molecule has 0 N–H and O–H groups in total. The van der Waals surface area contributed by atoms with E-state index in [4.69, 9.17) is 4.74 Å². The van der Waals surface area contributed by atoms with E-state index in [2.05, 4.69) is 15.9 Å². The summed E-state index contributed by atoms with van der Waals surface area (Å²) >= 11 is 3.48. The summed E-state index contributed by atoms with van der Waals surface area (Å²) in [6.45, 7) is 6.26. The topological polar surface area (TPSA) is 29.5 Å². The summed E-state index contributed by atoms with van der Waals surface area (Å²) in [5.41, 5.74) is 1.89. The fraction of sp³-hybridized carbons (Fsp3) is 0.533. The van der Waals surface area contributed by atoms with Crippen LogP contribution in [0, 0.1) is 6.92 Å². The average Bonchev–Trinajstić information content (AvgIpc) is 2.42. The summed E-state index contributed by atoms with van der Waals surface area (Å²) < 4.78 is 6.62. The van der Waals surface area contributed by atoms with Crippen molar-refractivity contribution in [2.45, 2.75) is 32.8 Å². The molecule has 19 heavy (non-hydrogen) atoms. The van der Waals surface area contributed by atoms with E-state index in [9.17, 15) is 4.79 Å². The van der Waals surface area contributed by atoms with Crippen LogP contribution in [0.3, 0.4) is 0 Å². The minimum absolute atomic E-state index is 0.102. The predicted molar refractivity (Wildman–Crippen MR) is 79.4 cm³/mol. The lowest BCUT2D eigenvalue weighted by molar-refractivity contribution is 0.00724. The standard InChI is InChI=1S/C15H20BrNO2/c1-3-19-13-5-4-8-17(10-13)15(18)12-7-6-11(2)14(16)9-12/h6-7,9,13H,3-5,8,10H2,1-2H3. The van der Waals surface area contributed by atoms with Crippen LogP contribution in [-0.4, -0.2) is 36.6 Å². The van der Waals surface area contributed by atoms with Crippen LogP contribution < -0.4 is 0 Å².